The Morgan fingerprint density at radius 1 is 1.27 bits per heavy atom. The molecule has 22 heavy (non-hydrogen) atoms. The lowest BCUT2D eigenvalue weighted by atomic mass is 9.71. The second kappa shape index (κ2) is 6.39. The molecule has 2 aliphatic rings. The number of nitrogens with one attached hydrogen (secondary N) is 3. The van der Waals surface area contributed by atoms with Crippen LogP contribution in [-0.4, -0.2) is 18.0 Å². The molecule has 4 nitrogen and oxygen atoms in total. The van der Waals surface area contributed by atoms with Crippen molar-refractivity contribution in [3.8, 4) is 0 Å². The first-order chi connectivity index (χ1) is 10.6. The number of carbonyl (C=O) groups excluding carboxylic acids is 1. The molecule has 0 spiro atoms. The first kappa shape index (κ1) is 15.5. The van der Waals surface area contributed by atoms with Crippen LogP contribution in [0.15, 0.2) is 30.3 Å². The Labute approximate surface area is 133 Å². The van der Waals surface area contributed by atoms with Gasteiger partial charge in [0, 0.05) is 6.04 Å². The smallest absolute Gasteiger partial charge is 0.239 e. The van der Waals surface area contributed by atoms with Gasteiger partial charge in [0.25, 0.3) is 0 Å². The van der Waals surface area contributed by atoms with Gasteiger partial charge in [0.2, 0.25) is 5.91 Å². The zero-order valence-corrected chi connectivity index (χ0v) is 13.6. The topological polar surface area (TPSA) is 53.2 Å². The number of hydrogen-bond donors (Lipinski definition) is 3. The number of carbonyl (C=O) groups is 1. The van der Waals surface area contributed by atoms with Crippen LogP contribution >= 0.6 is 0 Å². The molecule has 1 amide bonds. The maximum atomic E-state index is 12.6. The first-order valence-electron chi connectivity index (χ1n) is 8.48. The maximum Gasteiger partial charge on any atom is 0.239 e. The van der Waals surface area contributed by atoms with E-state index in [0.29, 0.717) is 12.0 Å². The van der Waals surface area contributed by atoms with Crippen molar-refractivity contribution in [1.29, 1.82) is 0 Å². The van der Waals surface area contributed by atoms with E-state index in [-0.39, 0.29) is 17.5 Å². The summed E-state index contributed by atoms with van der Waals surface area (Å²) >= 11 is 0. The number of amides is 1. The summed E-state index contributed by atoms with van der Waals surface area (Å²) in [5.41, 5.74) is 7.53. The van der Waals surface area contributed by atoms with Crippen LogP contribution in [0.2, 0.25) is 0 Å². The molecule has 2 atom stereocenters. The molecule has 0 radical (unpaired) electrons. The van der Waals surface area contributed by atoms with Gasteiger partial charge in [0.05, 0.1) is 5.54 Å². The summed E-state index contributed by atoms with van der Waals surface area (Å²) in [6.45, 7) is 4.43. The van der Waals surface area contributed by atoms with Crippen LogP contribution in [0.4, 0.5) is 0 Å². The van der Waals surface area contributed by atoms with Gasteiger partial charge >= 0.3 is 0 Å². The molecular weight excluding hydrogens is 274 g/mol. The van der Waals surface area contributed by atoms with E-state index in [1.165, 1.54) is 12.0 Å². The average Bonchev–Trinajstić information content (AvgIpc) is 2.91. The van der Waals surface area contributed by atoms with Gasteiger partial charge in [-0.05, 0) is 43.6 Å². The van der Waals surface area contributed by atoms with Gasteiger partial charge in [0.15, 0.2) is 0 Å². The minimum atomic E-state index is -0.143. The van der Waals surface area contributed by atoms with Crippen LogP contribution in [0.25, 0.3) is 0 Å². The summed E-state index contributed by atoms with van der Waals surface area (Å²) in [6, 6.07) is 10.7. The van der Waals surface area contributed by atoms with E-state index in [1.54, 1.807) is 0 Å². The fraction of sp³-hybridized carbons (Fsp3) is 0.611. The molecule has 2 unspecified atom stereocenters. The molecule has 1 aliphatic carbocycles. The van der Waals surface area contributed by atoms with E-state index >= 15 is 0 Å². The Morgan fingerprint density at radius 3 is 2.59 bits per heavy atom. The third-order valence-corrected chi connectivity index (χ3v) is 4.95. The molecule has 3 rings (SSSR count). The van der Waals surface area contributed by atoms with E-state index in [1.807, 2.05) is 6.07 Å². The van der Waals surface area contributed by atoms with E-state index in [2.05, 4.69) is 54.3 Å². The predicted octanol–water partition coefficient (Wildman–Crippen LogP) is 2.46. The van der Waals surface area contributed by atoms with Crippen molar-refractivity contribution in [2.24, 2.45) is 5.92 Å². The van der Waals surface area contributed by atoms with Crippen molar-refractivity contribution < 1.29 is 4.79 Å². The molecule has 1 aromatic rings. The van der Waals surface area contributed by atoms with E-state index in [4.69, 9.17) is 0 Å². The summed E-state index contributed by atoms with van der Waals surface area (Å²) in [5, 5.41) is 3.32. The molecular formula is C18H27N3O. The van der Waals surface area contributed by atoms with E-state index < -0.39 is 0 Å². The summed E-state index contributed by atoms with van der Waals surface area (Å²) < 4.78 is 0. The van der Waals surface area contributed by atoms with Crippen molar-refractivity contribution in [2.45, 2.75) is 63.6 Å². The second-order valence-corrected chi connectivity index (χ2v) is 7.19. The normalized spacial score (nSPS) is 26.7. The lowest BCUT2D eigenvalue weighted by molar-refractivity contribution is -0.126. The molecule has 4 heteroatoms. The first-order valence-corrected chi connectivity index (χ1v) is 8.48. The Morgan fingerprint density at radius 2 is 2.00 bits per heavy atom. The minimum absolute atomic E-state index is 0.120. The highest BCUT2D eigenvalue weighted by atomic mass is 16.2. The van der Waals surface area contributed by atoms with Gasteiger partial charge in [-0.3, -0.25) is 10.2 Å². The quantitative estimate of drug-likeness (QED) is 0.783. The molecule has 1 aromatic carbocycles. The zero-order valence-electron chi connectivity index (χ0n) is 13.6. The lowest BCUT2D eigenvalue weighted by Gasteiger charge is -2.43. The molecule has 120 valence electrons. The third-order valence-electron chi connectivity index (χ3n) is 4.95. The van der Waals surface area contributed by atoms with Crippen molar-refractivity contribution in [1.82, 2.24) is 16.2 Å². The van der Waals surface area contributed by atoms with E-state index in [9.17, 15) is 4.79 Å². The summed E-state index contributed by atoms with van der Waals surface area (Å²) in [7, 11) is 0. The van der Waals surface area contributed by atoms with Crippen LogP contribution in [0.5, 0.6) is 0 Å². The minimum Gasteiger partial charge on any atom is -0.345 e. The SMILES string of the molecule is CC(C)CC1CC(C(=O)NC2(c3ccccc3)CCC2)NN1. The molecule has 2 fully saturated rings. The fourth-order valence-electron chi connectivity index (χ4n) is 3.61. The van der Waals surface area contributed by atoms with Crippen molar-refractivity contribution in [2.75, 3.05) is 0 Å². The maximum absolute atomic E-state index is 12.6. The van der Waals surface area contributed by atoms with Gasteiger partial charge in [-0.2, -0.15) is 0 Å². The lowest BCUT2D eigenvalue weighted by Crippen LogP contribution is -2.55. The Balaban J connectivity index is 1.62. The number of hydrazine groups is 1. The van der Waals surface area contributed by atoms with Crippen LogP contribution in [0.3, 0.4) is 0 Å². The Hall–Kier alpha value is -1.39. The fourth-order valence-corrected chi connectivity index (χ4v) is 3.61. The van der Waals surface area contributed by atoms with Crippen LogP contribution in [0, 0.1) is 5.92 Å². The number of benzene rings is 1. The highest BCUT2D eigenvalue weighted by molar-refractivity contribution is 5.83. The second-order valence-electron chi connectivity index (χ2n) is 7.19. The Bertz CT molecular complexity index is 510. The summed E-state index contributed by atoms with van der Waals surface area (Å²) in [5.74, 6) is 0.769. The average molecular weight is 301 g/mol. The highest BCUT2D eigenvalue weighted by Gasteiger charge is 2.42. The van der Waals surface area contributed by atoms with Crippen LogP contribution in [0.1, 0.15) is 51.5 Å². The van der Waals surface area contributed by atoms with Crippen LogP contribution < -0.4 is 16.2 Å². The van der Waals surface area contributed by atoms with Crippen molar-refractivity contribution in [3.63, 3.8) is 0 Å². The Kier molecular flexibility index (Phi) is 4.50. The molecule has 0 bridgehead atoms. The number of hydrogen-bond acceptors (Lipinski definition) is 3. The van der Waals surface area contributed by atoms with Gasteiger partial charge in [-0.1, -0.05) is 44.2 Å². The molecule has 3 N–H and O–H groups in total. The largest absolute Gasteiger partial charge is 0.345 e. The standard InChI is InChI=1S/C18H27N3O/c1-13(2)11-15-12-16(21-20-15)17(22)19-18(9-6-10-18)14-7-4-3-5-8-14/h3-5,7-8,13,15-16,20-21H,6,9-12H2,1-2H3,(H,19,22). The van der Waals surface area contributed by atoms with Crippen molar-refractivity contribution >= 4 is 5.91 Å². The van der Waals surface area contributed by atoms with E-state index in [0.717, 1.165) is 25.7 Å². The monoisotopic (exact) mass is 301 g/mol. The van der Waals surface area contributed by atoms with Gasteiger partial charge in [-0.15, -0.1) is 0 Å². The molecule has 1 heterocycles. The van der Waals surface area contributed by atoms with Gasteiger partial charge < -0.3 is 5.32 Å². The van der Waals surface area contributed by atoms with Crippen molar-refractivity contribution in [3.05, 3.63) is 35.9 Å². The summed E-state index contributed by atoms with van der Waals surface area (Å²) in [4.78, 5) is 12.6. The molecule has 0 aromatic heterocycles. The predicted molar refractivity (Wildman–Crippen MR) is 88.0 cm³/mol. The molecule has 1 saturated heterocycles. The summed E-state index contributed by atoms with van der Waals surface area (Å²) in [6.07, 6.45) is 5.23. The zero-order chi connectivity index (χ0) is 15.6. The van der Waals surface area contributed by atoms with Gasteiger partial charge in [0.1, 0.15) is 6.04 Å². The van der Waals surface area contributed by atoms with Crippen LogP contribution in [-0.2, 0) is 10.3 Å². The third kappa shape index (κ3) is 3.18. The van der Waals surface area contributed by atoms with Gasteiger partial charge in [-0.25, -0.2) is 5.43 Å². The number of rotatable bonds is 5. The highest BCUT2D eigenvalue weighted by Crippen LogP contribution is 2.41. The molecule has 1 saturated carbocycles. The molecule has 1 aliphatic heterocycles.